The van der Waals surface area contributed by atoms with Crippen molar-refractivity contribution in [3.63, 3.8) is 0 Å². The van der Waals surface area contributed by atoms with Gasteiger partial charge in [-0.05, 0) is 31.0 Å². The van der Waals surface area contributed by atoms with Crippen LogP contribution in [-0.2, 0) is 11.2 Å². The Morgan fingerprint density at radius 1 is 1.22 bits per heavy atom. The minimum atomic E-state index is 0. The van der Waals surface area contributed by atoms with E-state index < -0.39 is 0 Å². The largest absolute Gasteiger partial charge is 0.357 e. The summed E-state index contributed by atoms with van der Waals surface area (Å²) >= 11 is 5.87. The number of carbonyl (C=O) groups is 1. The molecule has 0 bridgehead atoms. The number of hydrogen-bond acceptors (Lipinski definition) is 2. The molecule has 0 radical (unpaired) electrons. The molecule has 0 aromatic heterocycles. The fourth-order valence-corrected chi connectivity index (χ4v) is 1.93. The quantitative estimate of drug-likeness (QED) is 0.380. The van der Waals surface area contributed by atoms with E-state index in [1.807, 2.05) is 31.2 Å². The zero-order chi connectivity index (χ0) is 16.4. The summed E-state index contributed by atoms with van der Waals surface area (Å²) in [6.45, 7) is 4.05. The molecular weight excluding hydrogens is 427 g/mol. The van der Waals surface area contributed by atoms with Crippen molar-refractivity contribution in [2.45, 2.75) is 19.8 Å². The second kappa shape index (κ2) is 12.4. The molecule has 0 saturated heterocycles. The van der Waals surface area contributed by atoms with Gasteiger partial charge in [0.2, 0.25) is 5.91 Å². The first-order valence-corrected chi connectivity index (χ1v) is 7.87. The number of halogens is 2. The third-order valence-corrected chi connectivity index (χ3v) is 3.31. The van der Waals surface area contributed by atoms with Crippen LogP contribution in [0.2, 0.25) is 5.02 Å². The Balaban J connectivity index is 0.00000484. The SMILES string of the molecule is CCNC(=NCCC(=O)N(C)C)NCCc1ccc(Cl)cc1.I. The molecule has 0 fully saturated rings. The highest BCUT2D eigenvalue weighted by Gasteiger charge is 2.03. The molecule has 2 N–H and O–H groups in total. The first-order valence-electron chi connectivity index (χ1n) is 7.49. The van der Waals surface area contributed by atoms with Gasteiger partial charge in [-0.2, -0.15) is 0 Å². The van der Waals surface area contributed by atoms with Crippen LogP contribution in [0.25, 0.3) is 0 Å². The van der Waals surface area contributed by atoms with Gasteiger partial charge >= 0.3 is 0 Å². The average molecular weight is 453 g/mol. The van der Waals surface area contributed by atoms with Gasteiger partial charge in [-0.1, -0.05) is 23.7 Å². The van der Waals surface area contributed by atoms with E-state index in [1.54, 1.807) is 19.0 Å². The molecular formula is C16H26ClIN4O. The minimum Gasteiger partial charge on any atom is -0.357 e. The van der Waals surface area contributed by atoms with Gasteiger partial charge in [0.15, 0.2) is 5.96 Å². The summed E-state index contributed by atoms with van der Waals surface area (Å²) in [6.07, 6.45) is 1.30. The van der Waals surface area contributed by atoms with E-state index in [4.69, 9.17) is 11.6 Å². The summed E-state index contributed by atoms with van der Waals surface area (Å²) in [5.74, 6) is 0.823. The zero-order valence-electron chi connectivity index (χ0n) is 13.9. The van der Waals surface area contributed by atoms with Crippen LogP contribution in [0.3, 0.4) is 0 Å². The highest BCUT2D eigenvalue weighted by molar-refractivity contribution is 14.0. The molecule has 0 heterocycles. The number of benzene rings is 1. The fraction of sp³-hybridized carbons (Fsp3) is 0.500. The number of hydrogen-bond donors (Lipinski definition) is 2. The minimum absolute atomic E-state index is 0. The van der Waals surface area contributed by atoms with Crippen LogP contribution in [0, 0.1) is 0 Å². The van der Waals surface area contributed by atoms with Crippen molar-refractivity contribution in [1.82, 2.24) is 15.5 Å². The number of rotatable bonds is 7. The van der Waals surface area contributed by atoms with Crippen molar-refractivity contribution in [1.29, 1.82) is 0 Å². The Morgan fingerprint density at radius 2 is 1.87 bits per heavy atom. The van der Waals surface area contributed by atoms with Gasteiger partial charge in [-0.3, -0.25) is 9.79 Å². The van der Waals surface area contributed by atoms with Gasteiger partial charge in [0.1, 0.15) is 0 Å². The van der Waals surface area contributed by atoms with E-state index in [0.29, 0.717) is 13.0 Å². The fourth-order valence-electron chi connectivity index (χ4n) is 1.81. The zero-order valence-corrected chi connectivity index (χ0v) is 17.0. The van der Waals surface area contributed by atoms with Crippen LogP contribution in [0.15, 0.2) is 29.3 Å². The van der Waals surface area contributed by atoms with Gasteiger partial charge in [0, 0.05) is 38.6 Å². The third kappa shape index (κ3) is 9.65. The van der Waals surface area contributed by atoms with Gasteiger partial charge in [0.25, 0.3) is 0 Å². The van der Waals surface area contributed by atoms with E-state index in [9.17, 15) is 4.79 Å². The highest BCUT2D eigenvalue weighted by atomic mass is 127. The van der Waals surface area contributed by atoms with Crippen molar-refractivity contribution >= 4 is 47.4 Å². The Kier molecular flexibility index (Phi) is 11.9. The van der Waals surface area contributed by atoms with Crippen molar-refractivity contribution in [3.8, 4) is 0 Å². The third-order valence-electron chi connectivity index (χ3n) is 3.06. The van der Waals surface area contributed by atoms with Crippen LogP contribution in [0.5, 0.6) is 0 Å². The van der Waals surface area contributed by atoms with Gasteiger partial charge in [0.05, 0.1) is 6.54 Å². The molecule has 1 aromatic rings. The van der Waals surface area contributed by atoms with Crippen LogP contribution in [-0.4, -0.2) is 50.5 Å². The maximum absolute atomic E-state index is 11.5. The van der Waals surface area contributed by atoms with E-state index >= 15 is 0 Å². The average Bonchev–Trinajstić information content (AvgIpc) is 2.49. The Bertz CT molecular complexity index is 491. The lowest BCUT2D eigenvalue weighted by atomic mass is 10.1. The molecule has 1 amide bonds. The van der Waals surface area contributed by atoms with Crippen molar-refractivity contribution in [2.24, 2.45) is 4.99 Å². The number of carbonyl (C=O) groups excluding carboxylic acids is 1. The Morgan fingerprint density at radius 3 is 2.43 bits per heavy atom. The molecule has 1 rings (SSSR count). The monoisotopic (exact) mass is 452 g/mol. The molecule has 0 saturated carbocycles. The summed E-state index contributed by atoms with van der Waals surface area (Å²) in [5, 5.41) is 7.19. The number of amides is 1. The highest BCUT2D eigenvalue weighted by Crippen LogP contribution is 2.09. The summed E-state index contributed by atoms with van der Waals surface area (Å²) in [4.78, 5) is 17.5. The van der Waals surface area contributed by atoms with Crippen molar-refractivity contribution in [2.75, 3.05) is 33.7 Å². The molecule has 0 aliphatic carbocycles. The van der Waals surface area contributed by atoms with Gasteiger partial charge in [-0.15, -0.1) is 24.0 Å². The summed E-state index contributed by atoms with van der Waals surface area (Å²) in [6, 6.07) is 7.82. The van der Waals surface area contributed by atoms with E-state index in [2.05, 4.69) is 15.6 Å². The smallest absolute Gasteiger partial charge is 0.223 e. The molecule has 130 valence electrons. The second-order valence-electron chi connectivity index (χ2n) is 5.10. The molecule has 7 heteroatoms. The molecule has 0 atom stereocenters. The number of guanidine groups is 1. The maximum atomic E-state index is 11.5. The number of nitrogens with one attached hydrogen (secondary N) is 2. The van der Waals surface area contributed by atoms with E-state index in [1.165, 1.54) is 5.56 Å². The predicted molar refractivity (Wildman–Crippen MR) is 108 cm³/mol. The summed E-state index contributed by atoms with van der Waals surface area (Å²) < 4.78 is 0. The van der Waals surface area contributed by atoms with E-state index in [-0.39, 0.29) is 29.9 Å². The molecule has 0 aliphatic rings. The van der Waals surface area contributed by atoms with Gasteiger partial charge < -0.3 is 15.5 Å². The molecule has 1 aromatic carbocycles. The van der Waals surface area contributed by atoms with Gasteiger partial charge in [-0.25, -0.2) is 0 Å². The molecule has 0 unspecified atom stereocenters. The molecule has 23 heavy (non-hydrogen) atoms. The maximum Gasteiger partial charge on any atom is 0.223 e. The number of nitrogens with zero attached hydrogens (tertiary/aromatic N) is 2. The summed E-state index contributed by atoms with van der Waals surface area (Å²) in [7, 11) is 3.50. The van der Waals surface area contributed by atoms with E-state index in [0.717, 1.165) is 30.5 Å². The standard InChI is InChI=1S/C16H25ClN4O.HI/c1-4-18-16(20-12-10-15(22)21(2)3)19-11-9-13-5-7-14(17)8-6-13;/h5-8H,4,9-12H2,1-3H3,(H2,18,19,20);1H. The summed E-state index contributed by atoms with van der Waals surface area (Å²) in [5.41, 5.74) is 1.22. The molecule has 0 spiro atoms. The van der Waals surface area contributed by atoms with Crippen LogP contribution in [0.1, 0.15) is 18.9 Å². The molecule has 5 nitrogen and oxygen atoms in total. The van der Waals surface area contributed by atoms with Crippen LogP contribution >= 0.6 is 35.6 Å². The van der Waals surface area contributed by atoms with Crippen LogP contribution < -0.4 is 10.6 Å². The normalized spacial score (nSPS) is 10.7. The molecule has 0 aliphatic heterocycles. The van der Waals surface area contributed by atoms with Crippen molar-refractivity contribution < 1.29 is 4.79 Å². The van der Waals surface area contributed by atoms with Crippen LogP contribution in [0.4, 0.5) is 0 Å². The van der Waals surface area contributed by atoms with Crippen molar-refractivity contribution in [3.05, 3.63) is 34.9 Å². The number of aliphatic imine (C=N–C) groups is 1. The first kappa shape index (κ1) is 22.0. The lowest BCUT2D eigenvalue weighted by molar-refractivity contribution is -0.128. The topological polar surface area (TPSA) is 56.7 Å². The first-order chi connectivity index (χ1) is 10.5. The Hall–Kier alpha value is -1.02. The Labute approximate surface area is 160 Å². The predicted octanol–water partition coefficient (Wildman–Crippen LogP) is 2.53. The second-order valence-corrected chi connectivity index (χ2v) is 5.54. The lowest BCUT2D eigenvalue weighted by Gasteiger charge is -2.12. The lowest BCUT2D eigenvalue weighted by Crippen LogP contribution is -2.38.